The van der Waals surface area contributed by atoms with Crippen LogP contribution in [0.25, 0.3) is 0 Å². The number of rotatable bonds is 8. The molecule has 1 heterocycles. The third-order valence-electron chi connectivity index (χ3n) is 5.15. The van der Waals surface area contributed by atoms with E-state index in [1.54, 1.807) is 43.3 Å². The minimum absolute atomic E-state index is 0.00871. The molecule has 1 aliphatic heterocycles. The fourth-order valence-electron chi connectivity index (χ4n) is 3.45. The number of ether oxygens (including phenoxy) is 1. The largest absolute Gasteiger partial charge is 0.466 e. The van der Waals surface area contributed by atoms with Crippen molar-refractivity contribution < 1.29 is 22.7 Å². The molecule has 0 atom stereocenters. The maximum absolute atomic E-state index is 13.0. The molecule has 0 spiro atoms. The minimum Gasteiger partial charge on any atom is -0.466 e. The number of piperidine rings is 1. The molecule has 166 valence electrons. The van der Waals surface area contributed by atoms with Gasteiger partial charge in [0.1, 0.15) is 0 Å². The number of carbonyl (C=O) groups is 2. The summed E-state index contributed by atoms with van der Waals surface area (Å²) >= 11 is 5.94. The molecule has 0 radical (unpaired) electrons. The molecule has 0 saturated carbocycles. The second-order valence-electron chi connectivity index (χ2n) is 7.25. The first-order valence-corrected chi connectivity index (χ1v) is 11.9. The lowest BCUT2D eigenvalue weighted by Crippen LogP contribution is -2.40. The Labute approximate surface area is 187 Å². The van der Waals surface area contributed by atoms with Crippen LogP contribution in [0.3, 0.4) is 0 Å². The molecular weight excluding hydrogens is 440 g/mol. The topological polar surface area (TPSA) is 92.8 Å². The number of carbonyl (C=O) groups excluding carboxylic acids is 2. The van der Waals surface area contributed by atoms with E-state index in [1.807, 2.05) is 0 Å². The summed E-state index contributed by atoms with van der Waals surface area (Å²) in [4.78, 5) is 24.5. The highest BCUT2D eigenvalue weighted by atomic mass is 35.5. The summed E-state index contributed by atoms with van der Waals surface area (Å²) in [5.41, 5.74) is 1.01. The van der Waals surface area contributed by atoms with E-state index in [-0.39, 0.29) is 42.2 Å². The van der Waals surface area contributed by atoms with Gasteiger partial charge in [0.15, 0.2) is 5.78 Å². The van der Waals surface area contributed by atoms with Gasteiger partial charge in [-0.05, 0) is 50.1 Å². The van der Waals surface area contributed by atoms with E-state index in [0.717, 1.165) is 0 Å². The first-order valence-electron chi connectivity index (χ1n) is 10.1. The Kier molecular flexibility index (Phi) is 7.69. The Balaban J connectivity index is 1.66. The van der Waals surface area contributed by atoms with Crippen LogP contribution in [0.15, 0.2) is 53.4 Å². The van der Waals surface area contributed by atoms with Gasteiger partial charge in [0, 0.05) is 29.4 Å². The molecule has 1 N–H and O–H groups in total. The van der Waals surface area contributed by atoms with Gasteiger partial charge < -0.3 is 10.1 Å². The predicted molar refractivity (Wildman–Crippen MR) is 119 cm³/mol. The normalized spacial score (nSPS) is 15.4. The van der Waals surface area contributed by atoms with Crippen molar-refractivity contribution in [2.75, 3.05) is 31.6 Å². The Morgan fingerprint density at radius 3 is 2.52 bits per heavy atom. The van der Waals surface area contributed by atoms with Crippen molar-refractivity contribution in [2.24, 2.45) is 5.92 Å². The van der Waals surface area contributed by atoms with Gasteiger partial charge in [-0.15, -0.1) is 0 Å². The Morgan fingerprint density at radius 1 is 1.13 bits per heavy atom. The highest BCUT2D eigenvalue weighted by Crippen LogP contribution is 2.25. The van der Waals surface area contributed by atoms with Crippen molar-refractivity contribution in [2.45, 2.75) is 24.7 Å². The fraction of sp³-hybridized carbons (Fsp3) is 0.364. The number of benzene rings is 2. The van der Waals surface area contributed by atoms with Gasteiger partial charge in [0.2, 0.25) is 10.0 Å². The van der Waals surface area contributed by atoms with Crippen LogP contribution in [0.2, 0.25) is 5.02 Å². The predicted octanol–water partition coefficient (Wildman–Crippen LogP) is 3.60. The third kappa shape index (κ3) is 5.84. The smallest absolute Gasteiger partial charge is 0.309 e. The van der Waals surface area contributed by atoms with Gasteiger partial charge in [0.25, 0.3) is 0 Å². The highest BCUT2D eigenvalue weighted by molar-refractivity contribution is 7.89. The average molecular weight is 465 g/mol. The van der Waals surface area contributed by atoms with Crippen LogP contribution in [0.1, 0.15) is 30.1 Å². The van der Waals surface area contributed by atoms with E-state index in [0.29, 0.717) is 35.7 Å². The first-order chi connectivity index (χ1) is 14.8. The van der Waals surface area contributed by atoms with E-state index in [4.69, 9.17) is 16.3 Å². The number of esters is 1. The summed E-state index contributed by atoms with van der Waals surface area (Å²) in [7, 11) is -3.76. The Hall–Kier alpha value is -2.42. The van der Waals surface area contributed by atoms with Crippen molar-refractivity contribution in [3.8, 4) is 0 Å². The minimum atomic E-state index is -3.76. The lowest BCUT2D eigenvalue weighted by Gasteiger charge is -2.30. The monoisotopic (exact) mass is 464 g/mol. The molecule has 0 aliphatic carbocycles. The lowest BCUT2D eigenvalue weighted by atomic mass is 9.98. The van der Waals surface area contributed by atoms with Crippen molar-refractivity contribution in [1.29, 1.82) is 0 Å². The Morgan fingerprint density at radius 2 is 1.84 bits per heavy atom. The second-order valence-corrected chi connectivity index (χ2v) is 9.62. The van der Waals surface area contributed by atoms with Crippen LogP contribution < -0.4 is 5.32 Å². The zero-order chi connectivity index (χ0) is 22.4. The maximum atomic E-state index is 13.0. The van der Waals surface area contributed by atoms with Gasteiger partial charge in [-0.25, -0.2) is 8.42 Å². The highest BCUT2D eigenvalue weighted by Gasteiger charge is 2.32. The standard InChI is InChI=1S/C22H25ClN2O5S/c1-2-30-22(27)16-9-11-25(12-10-16)31(28,29)20-8-3-5-17(13-20)21(26)15-24-19-7-4-6-18(23)14-19/h3-8,13-14,16,24H,2,9-12,15H2,1H3. The molecular formula is C22H25ClN2O5S. The van der Waals surface area contributed by atoms with Crippen LogP contribution in [0, 0.1) is 5.92 Å². The van der Waals surface area contributed by atoms with Crippen LogP contribution in [0.5, 0.6) is 0 Å². The molecule has 0 aromatic heterocycles. The molecule has 1 aliphatic rings. The Bertz CT molecular complexity index is 1050. The van der Waals surface area contributed by atoms with Gasteiger partial charge >= 0.3 is 5.97 Å². The number of ketones is 1. The van der Waals surface area contributed by atoms with Gasteiger partial charge in [0.05, 0.1) is 24.0 Å². The number of sulfonamides is 1. The molecule has 7 nitrogen and oxygen atoms in total. The summed E-state index contributed by atoms with van der Waals surface area (Å²) < 4.78 is 32.5. The zero-order valence-corrected chi connectivity index (χ0v) is 18.8. The third-order valence-corrected chi connectivity index (χ3v) is 7.28. The second kappa shape index (κ2) is 10.3. The molecule has 2 aromatic carbocycles. The summed E-state index contributed by atoms with van der Waals surface area (Å²) in [6.45, 7) is 2.54. The van der Waals surface area contributed by atoms with E-state index in [2.05, 4.69) is 5.32 Å². The molecule has 1 saturated heterocycles. The summed E-state index contributed by atoms with van der Waals surface area (Å²) in [6.07, 6.45) is 0.834. The number of nitrogens with zero attached hydrogens (tertiary/aromatic N) is 1. The molecule has 2 aromatic rings. The average Bonchev–Trinajstić information content (AvgIpc) is 2.78. The molecule has 0 unspecified atom stereocenters. The van der Waals surface area contributed by atoms with Crippen molar-refractivity contribution in [3.63, 3.8) is 0 Å². The maximum Gasteiger partial charge on any atom is 0.309 e. The SMILES string of the molecule is CCOC(=O)C1CCN(S(=O)(=O)c2cccc(C(=O)CNc3cccc(Cl)c3)c2)CC1. The number of halogens is 1. The number of Topliss-reactive ketones (excluding diaryl/α,β-unsaturated/α-hetero) is 1. The van der Waals surface area contributed by atoms with Crippen LogP contribution in [-0.4, -0.2) is 50.7 Å². The van der Waals surface area contributed by atoms with Crippen molar-refractivity contribution >= 4 is 39.1 Å². The lowest BCUT2D eigenvalue weighted by molar-refractivity contribution is -0.149. The van der Waals surface area contributed by atoms with Gasteiger partial charge in [-0.2, -0.15) is 4.31 Å². The molecule has 1 fully saturated rings. The molecule has 3 rings (SSSR count). The first kappa shape index (κ1) is 23.2. The fourth-order valence-corrected chi connectivity index (χ4v) is 5.16. The van der Waals surface area contributed by atoms with Crippen LogP contribution in [-0.2, 0) is 19.6 Å². The van der Waals surface area contributed by atoms with Crippen LogP contribution >= 0.6 is 11.6 Å². The quantitative estimate of drug-likeness (QED) is 0.474. The molecule has 0 bridgehead atoms. The molecule has 31 heavy (non-hydrogen) atoms. The number of nitrogens with one attached hydrogen (secondary N) is 1. The zero-order valence-electron chi connectivity index (χ0n) is 17.2. The van der Waals surface area contributed by atoms with Crippen LogP contribution in [0.4, 0.5) is 5.69 Å². The summed E-state index contributed by atoms with van der Waals surface area (Å²) in [5.74, 6) is -0.797. The van der Waals surface area contributed by atoms with Gasteiger partial charge in [-0.1, -0.05) is 29.8 Å². The van der Waals surface area contributed by atoms with E-state index >= 15 is 0 Å². The summed E-state index contributed by atoms with van der Waals surface area (Å²) in [5, 5.41) is 3.55. The van der Waals surface area contributed by atoms with Gasteiger partial charge in [-0.3, -0.25) is 9.59 Å². The summed E-state index contributed by atoms with van der Waals surface area (Å²) in [6, 6.07) is 13.0. The van der Waals surface area contributed by atoms with E-state index < -0.39 is 10.0 Å². The van der Waals surface area contributed by atoms with E-state index in [1.165, 1.54) is 16.4 Å². The van der Waals surface area contributed by atoms with Crippen molar-refractivity contribution in [1.82, 2.24) is 4.31 Å². The number of hydrogen-bond donors (Lipinski definition) is 1. The molecule has 9 heteroatoms. The number of anilines is 1. The molecule has 0 amide bonds. The number of hydrogen-bond acceptors (Lipinski definition) is 6. The van der Waals surface area contributed by atoms with Crippen molar-refractivity contribution in [3.05, 3.63) is 59.1 Å². The van der Waals surface area contributed by atoms with E-state index in [9.17, 15) is 18.0 Å².